The number of aliphatic hydroxyl groups excluding tert-OH is 1. The Hall–Kier alpha value is -2.93. The zero-order valence-electron chi connectivity index (χ0n) is 19.9. The van der Waals surface area contributed by atoms with Crippen molar-refractivity contribution in [3.05, 3.63) is 0 Å². The fraction of sp³-hybridized carbons (Fsp3) is 0.750. The van der Waals surface area contributed by atoms with E-state index in [0.717, 1.165) is 0 Å². The van der Waals surface area contributed by atoms with E-state index in [-0.39, 0.29) is 24.8 Å². The lowest BCUT2D eigenvalue weighted by Gasteiger charge is -2.27. The molecule has 0 rings (SSSR count). The summed E-state index contributed by atoms with van der Waals surface area (Å²) in [5.74, 6) is -4.17. The van der Waals surface area contributed by atoms with Crippen molar-refractivity contribution < 1.29 is 29.4 Å². The summed E-state index contributed by atoms with van der Waals surface area (Å²) in [6.45, 7) is 8.19. The largest absolute Gasteiger partial charge is 0.480 e. The third-order valence-electron chi connectivity index (χ3n) is 4.89. The predicted molar refractivity (Wildman–Crippen MR) is 123 cm³/mol. The normalized spacial score (nSPS) is 15.7. The minimum Gasteiger partial charge on any atom is -0.480 e. The van der Waals surface area contributed by atoms with Gasteiger partial charge in [-0.05, 0) is 31.6 Å². The van der Waals surface area contributed by atoms with Crippen LogP contribution in [0.2, 0.25) is 0 Å². The van der Waals surface area contributed by atoms with E-state index in [2.05, 4.69) is 20.9 Å². The van der Waals surface area contributed by atoms with Crippen LogP contribution >= 0.6 is 0 Å². The molecule has 0 aliphatic rings. The Morgan fingerprint density at radius 3 is 1.82 bits per heavy atom. The maximum absolute atomic E-state index is 12.9. The van der Waals surface area contributed by atoms with Crippen molar-refractivity contribution in [3.8, 4) is 0 Å². The maximum Gasteiger partial charge on any atom is 0.326 e. The number of nitrogens with zero attached hydrogens (tertiary/aromatic N) is 1. The van der Waals surface area contributed by atoms with Crippen molar-refractivity contribution in [2.24, 2.45) is 34.0 Å². The molecule has 0 aliphatic carbocycles. The van der Waals surface area contributed by atoms with Crippen LogP contribution in [0.3, 0.4) is 0 Å². The molecular weight excluding hydrogens is 434 g/mol. The van der Waals surface area contributed by atoms with Gasteiger partial charge in [0.1, 0.15) is 18.1 Å². The first-order chi connectivity index (χ1) is 15.2. The molecular formula is C20H39N7O6. The second-order valence-corrected chi connectivity index (χ2v) is 8.58. The highest BCUT2D eigenvalue weighted by Crippen LogP contribution is 2.06. The van der Waals surface area contributed by atoms with Gasteiger partial charge >= 0.3 is 5.97 Å². The van der Waals surface area contributed by atoms with Crippen LogP contribution < -0.4 is 33.2 Å². The fourth-order valence-electron chi connectivity index (χ4n) is 2.76. The molecule has 0 fully saturated rings. The van der Waals surface area contributed by atoms with Crippen molar-refractivity contribution in [2.75, 3.05) is 6.54 Å². The summed E-state index contributed by atoms with van der Waals surface area (Å²) < 4.78 is 0. The van der Waals surface area contributed by atoms with Gasteiger partial charge < -0.3 is 43.4 Å². The van der Waals surface area contributed by atoms with E-state index in [9.17, 15) is 29.4 Å². The molecule has 0 radical (unpaired) electrons. The van der Waals surface area contributed by atoms with E-state index >= 15 is 0 Å². The SMILES string of the molecule is CC(C)C(N)C(=O)NC(CCCN=C(N)N)C(=O)NC(C(=O)NC(C(=O)O)C(C)C)C(C)O. The lowest BCUT2D eigenvalue weighted by Crippen LogP contribution is -2.60. The second-order valence-electron chi connectivity index (χ2n) is 8.58. The monoisotopic (exact) mass is 473 g/mol. The molecule has 11 N–H and O–H groups in total. The molecule has 33 heavy (non-hydrogen) atoms. The number of nitrogens with one attached hydrogen (secondary N) is 3. The van der Waals surface area contributed by atoms with E-state index in [1.54, 1.807) is 27.7 Å². The minimum atomic E-state index is -1.45. The van der Waals surface area contributed by atoms with Crippen molar-refractivity contribution >= 4 is 29.7 Å². The number of guanidine groups is 1. The predicted octanol–water partition coefficient (Wildman–Crippen LogP) is -2.40. The van der Waals surface area contributed by atoms with Crippen molar-refractivity contribution in [2.45, 2.75) is 77.7 Å². The Kier molecular flexibility index (Phi) is 13.0. The van der Waals surface area contributed by atoms with Crippen LogP contribution in [-0.2, 0) is 19.2 Å². The van der Waals surface area contributed by atoms with Gasteiger partial charge in [0, 0.05) is 6.54 Å². The van der Waals surface area contributed by atoms with E-state index in [1.165, 1.54) is 6.92 Å². The van der Waals surface area contributed by atoms with Crippen molar-refractivity contribution in [1.82, 2.24) is 16.0 Å². The van der Waals surface area contributed by atoms with Crippen molar-refractivity contribution in [3.63, 3.8) is 0 Å². The summed E-state index contributed by atoms with van der Waals surface area (Å²) in [6.07, 6.45) is -0.893. The zero-order chi connectivity index (χ0) is 25.9. The van der Waals surface area contributed by atoms with Gasteiger partial charge in [-0.1, -0.05) is 27.7 Å². The number of aliphatic imine (C=N–C) groups is 1. The van der Waals surface area contributed by atoms with Gasteiger partial charge in [0.05, 0.1) is 12.1 Å². The van der Waals surface area contributed by atoms with Gasteiger partial charge in [-0.2, -0.15) is 0 Å². The Bertz CT molecular complexity index is 707. The van der Waals surface area contributed by atoms with Crippen LogP contribution in [0.4, 0.5) is 0 Å². The summed E-state index contributed by atoms with van der Waals surface area (Å²) in [7, 11) is 0. The first-order valence-electron chi connectivity index (χ1n) is 10.8. The molecule has 13 nitrogen and oxygen atoms in total. The van der Waals surface area contributed by atoms with Crippen LogP contribution in [0.5, 0.6) is 0 Å². The smallest absolute Gasteiger partial charge is 0.326 e. The van der Waals surface area contributed by atoms with Gasteiger partial charge in [0.15, 0.2) is 5.96 Å². The summed E-state index contributed by atoms with van der Waals surface area (Å²) >= 11 is 0. The lowest BCUT2D eigenvalue weighted by atomic mass is 10.0. The molecule has 0 spiro atoms. The van der Waals surface area contributed by atoms with Crippen LogP contribution in [0.15, 0.2) is 4.99 Å². The molecule has 190 valence electrons. The number of carboxylic acid groups (broad SMARTS) is 1. The van der Waals surface area contributed by atoms with Gasteiger partial charge in [0.25, 0.3) is 0 Å². The molecule has 3 amide bonds. The third kappa shape index (κ3) is 11.0. The lowest BCUT2D eigenvalue weighted by molar-refractivity contribution is -0.144. The molecule has 5 unspecified atom stereocenters. The van der Waals surface area contributed by atoms with Gasteiger partial charge in [-0.3, -0.25) is 19.4 Å². The van der Waals surface area contributed by atoms with E-state index in [1.807, 2.05) is 0 Å². The van der Waals surface area contributed by atoms with E-state index in [4.69, 9.17) is 17.2 Å². The Morgan fingerprint density at radius 2 is 1.39 bits per heavy atom. The number of amides is 3. The van der Waals surface area contributed by atoms with E-state index in [0.29, 0.717) is 6.42 Å². The van der Waals surface area contributed by atoms with Gasteiger partial charge in [-0.15, -0.1) is 0 Å². The minimum absolute atomic E-state index is 0.120. The molecule has 0 aromatic heterocycles. The third-order valence-corrected chi connectivity index (χ3v) is 4.89. The van der Waals surface area contributed by atoms with Crippen LogP contribution in [0, 0.1) is 11.8 Å². The second kappa shape index (κ2) is 14.3. The maximum atomic E-state index is 12.9. The first kappa shape index (κ1) is 30.1. The van der Waals surface area contributed by atoms with Gasteiger partial charge in [0.2, 0.25) is 17.7 Å². The number of hydrogen-bond acceptors (Lipinski definition) is 7. The molecule has 0 aromatic carbocycles. The summed E-state index contributed by atoms with van der Waals surface area (Å²) in [5, 5.41) is 26.6. The Balaban J connectivity index is 5.52. The van der Waals surface area contributed by atoms with E-state index < -0.39 is 59.9 Å². The van der Waals surface area contributed by atoms with Gasteiger partial charge in [-0.25, -0.2) is 4.79 Å². The molecule has 5 atom stereocenters. The van der Waals surface area contributed by atoms with Crippen LogP contribution in [-0.4, -0.2) is 76.7 Å². The number of carboxylic acids is 1. The number of nitrogens with two attached hydrogens (primary N) is 3. The highest BCUT2D eigenvalue weighted by molar-refractivity contribution is 5.94. The standard InChI is InChI=1S/C20H39N7O6/c1-9(2)13(21)17(30)25-12(7-6-8-24-20(22)23)16(29)27-15(11(5)28)18(31)26-14(10(3)4)19(32)33/h9-15,28H,6-8,21H2,1-5H3,(H,25,30)(H,26,31)(H,27,29)(H,32,33)(H4,22,23,24). The first-order valence-corrected chi connectivity index (χ1v) is 10.8. The highest BCUT2D eigenvalue weighted by atomic mass is 16.4. The number of aliphatic carboxylic acids is 1. The number of carbonyl (C=O) groups excluding carboxylic acids is 3. The zero-order valence-corrected chi connectivity index (χ0v) is 19.9. The number of hydrogen-bond donors (Lipinski definition) is 8. The Labute approximate surface area is 193 Å². The average Bonchev–Trinajstić information content (AvgIpc) is 2.70. The molecule has 0 bridgehead atoms. The quantitative estimate of drug-likeness (QED) is 0.0761. The highest BCUT2D eigenvalue weighted by Gasteiger charge is 2.33. The number of rotatable bonds is 14. The number of aliphatic hydroxyl groups is 1. The molecule has 13 heteroatoms. The molecule has 0 saturated carbocycles. The summed E-state index contributed by atoms with van der Waals surface area (Å²) in [5.41, 5.74) is 16.4. The molecule has 0 aliphatic heterocycles. The average molecular weight is 474 g/mol. The summed E-state index contributed by atoms with van der Waals surface area (Å²) in [6, 6.07) is -4.62. The van der Waals surface area contributed by atoms with Crippen molar-refractivity contribution in [1.29, 1.82) is 0 Å². The van der Waals surface area contributed by atoms with Crippen LogP contribution in [0.25, 0.3) is 0 Å². The molecule has 0 aromatic rings. The molecule has 0 heterocycles. The topological polar surface area (TPSA) is 235 Å². The fourth-order valence-corrected chi connectivity index (χ4v) is 2.76. The Morgan fingerprint density at radius 1 is 0.848 bits per heavy atom. The number of carbonyl (C=O) groups is 4. The van der Waals surface area contributed by atoms with Crippen LogP contribution in [0.1, 0.15) is 47.5 Å². The molecule has 0 saturated heterocycles. The summed E-state index contributed by atoms with van der Waals surface area (Å²) in [4.78, 5) is 53.1.